The Morgan fingerprint density at radius 1 is 1.20 bits per heavy atom. The van der Waals surface area contributed by atoms with Crippen molar-refractivity contribution in [1.82, 2.24) is 14.9 Å². The number of rotatable bonds is 5. The van der Waals surface area contributed by atoms with Gasteiger partial charge in [-0.3, -0.25) is 4.79 Å². The van der Waals surface area contributed by atoms with Crippen molar-refractivity contribution in [2.24, 2.45) is 0 Å². The van der Waals surface area contributed by atoms with Crippen LogP contribution in [-0.4, -0.2) is 46.5 Å². The van der Waals surface area contributed by atoms with Gasteiger partial charge in [0.2, 0.25) is 0 Å². The molecule has 0 spiro atoms. The summed E-state index contributed by atoms with van der Waals surface area (Å²) in [6, 6.07) is 8.78. The molecule has 1 amide bonds. The first-order valence-electron chi connectivity index (χ1n) is 11.7. The van der Waals surface area contributed by atoms with Crippen LogP contribution in [0.5, 0.6) is 0 Å². The van der Waals surface area contributed by atoms with E-state index in [-0.39, 0.29) is 16.0 Å². The number of fused-ring (bicyclic) bond motifs is 1. The maximum Gasteiger partial charge on any atom is 0.257 e. The fraction of sp³-hybridized carbons (Fsp3) is 0.308. The maximum absolute atomic E-state index is 14.5. The highest BCUT2D eigenvalue weighted by Gasteiger charge is 2.31. The molecule has 1 aromatic heterocycles. The molecule has 3 N–H and O–H groups in total. The first kappa shape index (κ1) is 23.9. The van der Waals surface area contributed by atoms with Crippen LogP contribution in [0, 0.1) is 12.7 Å². The van der Waals surface area contributed by atoms with Gasteiger partial charge in [0.25, 0.3) is 5.91 Å². The van der Waals surface area contributed by atoms with Crippen molar-refractivity contribution in [3.8, 4) is 0 Å². The second-order valence-corrected chi connectivity index (χ2v) is 9.77. The number of carbonyl (C=O) groups excluding carboxylic acids is 1. The highest BCUT2D eigenvalue weighted by Crippen LogP contribution is 2.43. The summed E-state index contributed by atoms with van der Waals surface area (Å²) in [5.74, 6) is -0.502. The van der Waals surface area contributed by atoms with Crippen molar-refractivity contribution in [2.75, 3.05) is 30.3 Å². The molecule has 3 heterocycles. The zero-order valence-corrected chi connectivity index (χ0v) is 21.0. The Bertz CT molecular complexity index is 1330. The number of nitrogens with one attached hydrogen (secondary N) is 3. The summed E-state index contributed by atoms with van der Waals surface area (Å²) in [6.07, 6.45) is 3.84. The smallest absolute Gasteiger partial charge is 0.257 e. The molecular formula is C26H26Cl2FN5O. The molecule has 2 aliphatic rings. The normalized spacial score (nSPS) is 17.9. The number of nitrogens with zero attached hydrogens (tertiary/aromatic N) is 2. The zero-order chi connectivity index (χ0) is 24.7. The van der Waals surface area contributed by atoms with E-state index in [9.17, 15) is 9.18 Å². The highest BCUT2D eigenvalue weighted by molar-refractivity contribution is 6.40. The average molecular weight is 514 g/mol. The number of H-pyrrole nitrogens is 1. The van der Waals surface area contributed by atoms with E-state index in [2.05, 4.69) is 32.4 Å². The molecule has 2 aromatic carbocycles. The maximum atomic E-state index is 14.5. The molecule has 2 aliphatic heterocycles. The molecule has 35 heavy (non-hydrogen) atoms. The van der Waals surface area contributed by atoms with Crippen LogP contribution < -0.4 is 10.6 Å². The minimum Gasteiger partial charge on any atom is -0.382 e. The van der Waals surface area contributed by atoms with Crippen LogP contribution in [0.3, 0.4) is 0 Å². The van der Waals surface area contributed by atoms with Gasteiger partial charge in [-0.15, -0.1) is 0 Å². The van der Waals surface area contributed by atoms with E-state index >= 15 is 0 Å². The number of likely N-dealkylation sites (tertiary alicyclic amines) is 1. The lowest BCUT2D eigenvalue weighted by Gasteiger charge is -2.32. The quantitative estimate of drug-likeness (QED) is 0.290. The summed E-state index contributed by atoms with van der Waals surface area (Å²) in [4.78, 5) is 23.3. The number of anilines is 2. The van der Waals surface area contributed by atoms with E-state index < -0.39 is 5.82 Å². The number of carbonyl (C=O) groups is 1. The van der Waals surface area contributed by atoms with Gasteiger partial charge >= 0.3 is 0 Å². The van der Waals surface area contributed by atoms with Gasteiger partial charge in [0.05, 0.1) is 21.3 Å². The Labute approximate surface area is 213 Å². The lowest BCUT2D eigenvalue weighted by Crippen LogP contribution is -2.38. The number of benzene rings is 2. The Kier molecular flexibility index (Phi) is 6.57. The SMILES string of the molecule is CCN1CCC(Nc2ccc3c(c2)C(=C(c2nc(C)c[nH]2)c2cc(F)c(Cl)cc2Cl)C(=O)N3)CC1. The van der Waals surface area contributed by atoms with Gasteiger partial charge in [-0.05, 0) is 56.6 Å². The van der Waals surface area contributed by atoms with Crippen LogP contribution >= 0.6 is 23.2 Å². The Morgan fingerprint density at radius 2 is 1.97 bits per heavy atom. The van der Waals surface area contributed by atoms with Crippen molar-refractivity contribution < 1.29 is 9.18 Å². The van der Waals surface area contributed by atoms with E-state index in [4.69, 9.17) is 23.2 Å². The summed E-state index contributed by atoms with van der Waals surface area (Å²) < 4.78 is 14.5. The van der Waals surface area contributed by atoms with Crippen molar-refractivity contribution in [3.05, 3.63) is 75.0 Å². The summed E-state index contributed by atoms with van der Waals surface area (Å²) in [6.45, 7) is 7.21. The Balaban J connectivity index is 1.61. The fourth-order valence-electron chi connectivity index (χ4n) is 4.77. The molecule has 182 valence electrons. The molecule has 6 nitrogen and oxygen atoms in total. The van der Waals surface area contributed by atoms with Gasteiger partial charge in [-0.1, -0.05) is 30.1 Å². The molecular weight excluding hydrogens is 488 g/mol. The van der Waals surface area contributed by atoms with E-state index in [1.54, 1.807) is 6.20 Å². The molecule has 0 aliphatic carbocycles. The van der Waals surface area contributed by atoms with E-state index in [1.807, 2.05) is 25.1 Å². The molecule has 3 aromatic rings. The minimum atomic E-state index is -0.625. The van der Waals surface area contributed by atoms with Crippen LogP contribution in [0.25, 0.3) is 11.1 Å². The van der Waals surface area contributed by atoms with Gasteiger partial charge in [0, 0.05) is 53.4 Å². The molecule has 5 rings (SSSR count). The summed E-state index contributed by atoms with van der Waals surface area (Å²) in [5, 5.41) is 6.69. The molecule has 0 atom stereocenters. The topological polar surface area (TPSA) is 73.0 Å². The van der Waals surface area contributed by atoms with Crippen LogP contribution in [-0.2, 0) is 4.79 Å². The first-order chi connectivity index (χ1) is 16.8. The van der Waals surface area contributed by atoms with Gasteiger partial charge in [0.15, 0.2) is 0 Å². The predicted octanol–water partition coefficient (Wildman–Crippen LogP) is 5.97. The lowest BCUT2D eigenvalue weighted by atomic mass is 9.94. The van der Waals surface area contributed by atoms with Crippen LogP contribution in [0.4, 0.5) is 15.8 Å². The molecule has 1 saturated heterocycles. The van der Waals surface area contributed by atoms with Gasteiger partial charge < -0.3 is 20.5 Å². The van der Waals surface area contributed by atoms with E-state index in [0.717, 1.165) is 43.9 Å². The zero-order valence-electron chi connectivity index (χ0n) is 19.5. The lowest BCUT2D eigenvalue weighted by molar-refractivity contribution is -0.110. The highest BCUT2D eigenvalue weighted by atomic mass is 35.5. The van der Waals surface area contributed by atoms with Gasteiger partial charge in [0.1, 0.15) is 11.6 Å². The first-order valence-corrected chi connectivity index (χ1v) is 12.5. The minimum absolute atomic E-state index is 0.0874. The summed E-state index contributed by atoms with van der Waals surface area (Å²) in [5.41, 5.74) is 4.19. The standard InChI is InChI=1S/C26H26Cl2FN5O/c1-3-34-8-6-15(7-9-34)32-16-4-5-22-18(10-16)24(26(35)33-22)23(25-30-13-14(2)31-25)17-11-21(29)20(28)12-19(17)27/h4-5,10-13,15,32H,3,6-9H2,1-2H3,(H,30,31)(H,33,35). The van der Waals surface area contributed by atoms with E-state index in [0.29, 0.717) is 39.8 Å². The largest absolute Gasteiger partial charge is 0.382 e. The third kappa shape index (κ3) is 4.68. The third-order valence-corrected chi connectivity index (χ3v) is 7.24. The number of piperidine rings is 1. The number of hydrogen-bond acceptors (Lipinski definition) is 4. The van der Waals surface area contributed by atoms with Crippen molar-refractivity contribution in [3.63, 3.8) is 0 Å². The van der Waals surface area contributed by atoms with Gasteiger partial charge in [-0.25, -0.2) is 9.37 Å². The van der Waals surface area contributed by atoms with Crippen molar-refractivity contribution >= 4 is 51.6 Å². The number of imidazole rings is 1. The molecule has 0 unspecified atom stereocenters. The molecule has 0 bridgehead atoms. The molecule has 9 heteroatoms. The second-order valence-electron chi connectivity index (χ2n) is 8.95. The molecule has 0 radical (unpaired) electrons. The number of aromatic nitrogens is 2. The number of aryl methyl sites for hydroxylation is 1. The molecule has 1 fully saturated rings. The fourth-order valence-corrected chi connectivity index (χ4v) is 5.25. The third-order valence-electron chi connectivity index (χ3n) is 6.64. The monoisotopic (exact) mass is 513 g/mol. The van der Waals surface area contributed by atoms with Crippen molar-refractivity contribution in [2.45, 2.75) is 32.7 Å². The number of hydrogen-bond donors (Lipinski definition) is 3. The second kappa shape index (κ2) is 9.64. The number of halogens is 3. The van der Waals surface area contributed by atoms with Crippen LogP contribution in [0.15, 0.2) is 36.5 Å². The average Bonchev–Trinajstić information content (AvgIpc) is 3.41. The number of aromatic amines is 1. The van der Waals surface area contributed by atoms with Crippen molar-refractivity contribution in [1.29, 1.82) is 0 Å². The van der Waals surface area contributed by atoms with Gasteiger partial charge in [-0.2, -0.15) is 0 Å². The predicted molar refractivity (Wildman–Crippen MR) is 139 cm³/mol. The number of amides is 1. The Morgan fingerprint density at radius 3 is 2.66 bits per heavy atom. The molecule has 0 saturated carbocycles. The van der Waals surface area contributed by atoms with Crippen LogP contribution in [0.2, 0.25) is 10.0 Å². The van der Waals surface area contributed by atoms with Crippen LogP contribution in [0.1, 0.15) is 42.4 Å². The Hall–Kier alpha value is -2.87. The summed E-state index contributed by atoms with van der Waals surface area (Å²) in [7, 11) is 0. The van der Waals surface area contributed by atoms with E-state index in [1.165, 1.54) is 12.1 Å². The summed E-state index contributed by atoms with van der Waals surface area (Å²) >= 11 is 12.5.